The molecule has 0 saturated carbocycles. The summed E-state index contributed by atoms with van der Waals surface area (Å²) >= 11 is 0. The van der Waals surface area contributed by atoms with E-state index in [1.165, 1.54) is 6.92 Å². The normalized spacial score (nSPS) is 11.2. The zero-order valence-corrected chi connectivity index (χ0v) is 7.30. The van der Waals surface area contributed by atoms with Crippen molar-refractivity contribution in [2.75, 3.05) is 0 Å². The number of Topliss-reactive ketones (excluding diaryl/α,β-unsaturated/α-hetero) is 1. The summed E-state index contributed by atoms with van der Waals surface area (Å²) in [6.45, 7) is 3.14. The molecule has 72 valence electrons. The lowest BCUT2D eigenvalue weighted by atomic mass is 10.0. The average molecular weight is 179 g/mol. The van der Waals surface area contributed by atoms with Crippen LogP contribution in [-0.4, -0.2) is 11.8 Å². The Balaban J connectivity index is 0. The minimum atomic E-state index is -1.11. The van der Waals surface area contributed by atoms with Gasteiger partial charge in [0, 0.05) is 10.9 Å². The number of carbonyl (C=O) groups is 2. The van der Waals surface area contributed by atoms with Gasteiger partial charge in [-0.05, 0) is 13.3 Å². The Labute approximate surface area is 70.6 Å². The molecule has 1 unspecified atom stereocenters. The van der Waals surface area contributed by atoms with Crippen molar-refractivity contribution in [3.63, 3.8) is 0 Å². The van der Waals surface area contributed by atoms with E-state index in [1.807, 2.05) is 6.92 Å². The molecule has 4 nitrogen and oxygen atoms in total. The molecule has 0 radical (unpaired) electrons. The first-order chi connectivity index (χ1) is 5.13. The highest BCUT2D eigenvalue weighted by molar-refractivity contribution is 5.98. The molecular formula is C7H14FNO3. The van der Waals surface area contributed by atoms with Crippen molar-refractivity contribution in [1.82, 2.24) is 6.15 Å². The van der Waals surface area contributed by atoms with Crippen molar-refractivity contribution >= 4 is 11.8 Å². The Bertz CT molecular complexity index is 161. The van der Waals surface area contributed by atoms with E-state index >= 15 is 0 Å². The third kappa shape index (κ3) is 4.02. The molecule has 0 aliphatic carbocycles. The van der Waals surface area contributed by atoms with Crippen molar-refractivity contribution < 1.29 is 19.1 Å². The molecule has 0 spiro atoms. The van der Waals surface area contributed by atoms with E-state index in [0.29, 0.717) is 6.42 Å². The molecule has 0 aromatic rings. The lowest BCUT2D eigenvalue weighted by Gasteiger charge is -2.02. The highest BCUT2D eigenvalue weighted by Crippen LogP contribution is 2.05. The van der Waals surface area contributed by atoms with E-state index in [1.54, 1.807) is 0 Å². The maximum absolute atomic E-state index is 11.2. The van der Waals surface area contributed by atoms with Gasteiger partial charge in [0.25, 0.3) is 0 Å². The maximum Gasteiger partial charge on any atom is 0.358 e. The van der Waals surface area contributed by atoms with Crippen molar-refractivity contribution in [3.8, 4) is 0 Å². The van der Waals surface area contributed by atoms with Gasteiger partial charge >= 0.3 is 5.97 Å². The van der Waals surface area contributed by atoms with Gasteiger partial charge in [0.1, 0.15) is 11.7 Å². The van der Waals surface area contributed by atoms with E-state index in [4.69, 9.17) is 0 Å². The minimum Gasteiger partial charge on any atom is -0.344 e. The number of hydrogen-bond acceptors (Lipinski definition) is 4. The van der Waals surface area contributed by atoms with E-state index in [0.717, 1.165) is 0 Å². The van der Waals surface area contributed by atoms with E-state index in [-0.39, 0.29) is 18.4 Å². The second kappa shape index (κ2) is 6.72. The summed E-state index contributed by atoms with van der Waals surface area (Å²) in [6, 6.07) is 0. The molecule has 0 heterocycles. The largest absolute Gasteiger partial charge is 0.358 e. The highest BCUT2D eigenvalue weighted by atomic mass is 19.3. The monoisotopic (exact) mass is 179 g/mol. The fourth-order valence-corrected chi connectivity index (χ4v) is 0.661. The quantitative estimate of drug-likeness (QED) is 0.664. The summed E-state index contributed by atoms with van der Waals surface area (Å²) in [6.07, 6.45) is 0.943. The second-order valence-corrected chi connectivity index (χ2v) is 2.33. The van der Waals surface area contributed by atoms with E-state index in [9.17, 15) is 14.1 Å². The summed E-state index contributed by atoms with van der Waals surface area (Å²) in [5.74, 6) is -2.36. The van der Waals surface area contributed by atoms with Gasteiger partial charge in [-0.3, -0.25) is 9.74 Å². The van der Waals surface area contributed by atoms with Crippen LogP contribution in [0, 0.1) is 5.92 Å². The molecule has 0 amide bonds. The Morgan fingerprint density at radius 3 is 2.33 bits per heavy atom. The Morgan fingerprint density at radius 2 is 2.00 bits per heavy atom. The van der Waals surface area contributed by atoms with Gasteiger partial charge in [0.2, 0.25) is 0 Å². The smallest absolute Gasteiger partial charge is 0.344 e. The van der Waals surface area contributed by atoms with Crippen molar-refractivity contribution in [3.05, 3.63) is 0 Å². The molecule has 0 aromatic heterocycles. The number of halogens is 1. The molecule has 0 aromatic carbocycles. The van der Waals surface area contributed by atoms with Gasteiger partial charge in [-0.15, -0.1) is 0 Å². The van der Waals surface area contributed by atoms with Crippen molar-refractivity contribution in [2.45, 2.75) is 26.7 Å². The van der Waals surface area contributed by atoms with Crippen LogP contribution in [0.5, 0.6) is 0 Å². The molecule has 0 saturated heterocycles. The van der Waals surface area contributed by atoms with Gasteiger partial charge < -0.3 is 6.15 Å². The van der Waals surface area contributed by atoms with Crippen LogP contribution in [-0.2, 0) is 14.5 Å². The number of ketones is 1. The fraction of sp³-hybridized carbons (Fsp3) is 0.714. The third-order valence-corrected chi connectivity index (χ3v) is 1.41. The molecule has 12 heavy (non-hydrogen) atoms. The van der Waals surface area contributed by atoms with Crippen molar-refractivity contribution in [2.24, 2.45) is 5.92 Å². The predicted octanol–water partition coefficient (Wildman–Crippen LogP) is 1.58. The molecule has 3 N–H and O–H groups in total. The van der Waals surface area contributed by atoms with Gasteiger partial charge in [-0.25, -0.2) is 4.79 Å². The minimum absolute atomic E-state index is 0. The Morgan fingerprint density at radius 1 is 1.50 bits per heavy atom. The van der Waals surface area contributed by atoms with Gasteiger partial charge in [0.05, 0.1) is 0 Å². The summed E-state index contributed by atoms with van der Waals surface area (Å²) in [5, 5.41) is 0. The number of carbonyl (C=O) groups excluding carboxylic acids is 2. The van der Waals surface area contributed by atoms with Crippen LogP contribution in [0.2, 0.25) is 0 Å². The standard InChI is InChI=1S/C7H11FO3.H3N/c1-3-4-6(9)5(2)7(10)11-8;/h5H,3-4H2,1-2H3;1H3. The molecule has 1 atom stereocenters. The van der Waals surface area contributed by atoms with E-state index in [2.05, 4.69) is 4.94 Å². The Hall–Kier alpha value is -0.970. The zero-order valence-electron chi connectivity index (χ0n) is 7.30. The van der Waals surface area contributed by atoms with Crippen LogP contribution >= 0.6 is 0 Å². The molecular weight excluding hydrogens is 165 g/mol. The SMILES string of the molecule is CCCC(=O)C(C)C(=O)OF.N. The van der Waals surface area contributed by atoms with E-state index < -0.39 is 11.9 Å². The average Bonchev–Trinajstić information content (AvgIpc) is 2.02. The number of rotatable bonds is 4. The molecule has 0 aliphatic heterocycles. The van der Waals surface area contributed by atoms with Crippen LogP contribution in [0.15, 0.2) is 0 Å². The molecule has 0 bridgehead atoms. The van der Waals surface area contributed by atoms with Crippen LogP contribution in [0.25, 0.3) is 0 Å². The predicted molar refractivity (Wildman–Crippen MR) is 41.3 cm³/mol. The van der Waals surface area contributed by atoms with Gasteiger partial charge in [-0.2, -0.15) is 0 Å². The van der Waals surface area contributed by atoms with Crippen LogP contribution < -0.4 is 6.15 Å². The summed E-state index contributed by atoms with van der Waals surface area (Å²) in [5.41, 5.74) is 0. The first kappa shape index (κ1) is 13.6. The van der Waals surface area contributed by atoms with Crippen LogP contribution in [0.4, 0.5) is 4.53 Å². The lowest BCUT2D eigenvalue weighted by molar-refractivity contribution is -0.188. The molecule has 0 fully saturated rings. The topological polar surface area (TPSA) is 78.4 Å². The summed E-state index contributed by atoms with van der Waals surface area (Å²) in [4.78, 5) is 24.2. The summed E-state index contributed by atoms with van der Waals surface area (Å²) in [7, 11) is 0. The molecule has 0 aliphatic rings. The van der Waals surface area contributed by atoms with Crippen molar-refractivity contribution in [1.29, 1.82) is 0 Å². The fourth-order valence-electron chi connectivity index (χ4n) is 0.661. The molecule has 0 rings (SSSR count). The first-order valence-electron chi connectivity index (χ1n) is 3.48. The van der Waals surface area contributed by atoms with Crippen LogP contribution in [0.3, 0.4) is 0 Å². The van der Waals surface area contributed by atoms with Crippen LogP contribution in [0.1, 0.15) is 26.7 Å². The number of hydrogen-bond donors (Lipinski definition) is 1. The Kier molecular flexibility index (Phi) is 7.62. The first-order valence-corrected chi connectivity index (χ1v) is 3.48. The molecule has 5 heteroatoms. The van der Waals surface area contributed by atoms with Gasteiger partial charge in [-0.1, -0.05) is 6.92 Å². The maximum atomic E-state index is 11.2. The summed E-state index contributed by atoms with van der Waals surface area (Å²) < 4.78 is 11.2. The third-order valence-electron chi connectivity index (χ3n) is 1.41. The lowest BCUT2D eigenvalue weighted by Crippen LogP contribution is -2.20. The second-order valence-electron chi connectivity index (χ2n) is 2.33. The highest BCUT2D eigenvalue weighted by Gasteiger charge is 2.22. The van der Waals surface area contributed by atoms with Gasteiger partial charge in [0.15, 0.2) is 0 Å². The zero-order chi connectivity index (χ0) is 8.85.